The second kappa shape index (κ2) is 9.61. The molecule has 1 amide bonds. The number of amides is 1. The second-order valence-electron chi connectivity index (χ2n) is 5.97. The quantitative estimate of drug-likeness (QED) is 0.264. The average molecular weight is 424 g/mol. The Kier molecular flexibility index (Phi) is 6.71. The Morgan fingerprint density at radius 3 is 2.50 bits per heavy atom. The molecule has 0 aliphatic rings. The predicted octanol–water partition coefficient (Wildman–Crippen LogP) is 3.57. The number of carbonyl (C=O) groups excluding carboxylic acids is 2. The van der Waals surface area contributed by atoms with Crippen LogP contribution >= 0.6 is 11.8 Å². The standard InChI is InChI=1S/C20H16N4O5S/c1-29-20(26)13-5-7-15(8-6-13)21-18(25)12-30-19-10-9-17(22-23-19)14-3-2-4-16(11-14)24(27)28/h2-11H,12H2,1H3,(H,21,25). The molecule has 10 heteroatoms. The number of thioether (sulfide) groups is 1. The second-order valence-corrected chi connectivity index (χ2v) is 6.97. The average Bonchev–Trinajstić information content (AvgIpc) is 2.78. The molecule has 0 unspecified atom stereocenters. The molecule has 0 radical (unpaired) electrons. The number of ether oxygens (including phenoxy) is 1. The molecule has 1 aromatic heterocycles. The number of benzene rings is 2. The largest absolute Gasteiger partial charge is 0.465 e. The summed E-state index contributed by atoms with van der Waals surface area (Å²) in [6.45, 7) is 0. The van der Waals surface area contributed by atoms with Crippen molar-refractivity contribution in [2.75, 3.05) is 18.2 Å². The highest BCUT2D eigenvalue weighted by atomic mass is 32.2. The number of carbonyl (C=O) groups is 2. The predicted molar refractivity (Wildman–Crippen MR) is 111 cm³/mol. The van der Waals surface area contributed by atoms with Crippen LogP contribution in [-0.4, -0.2) is 39.9 Å². The number of methoxy groups -OCH3 is 1. The van der Waals surface area contributed by atoms with Crippen LogP contribution in [0.1, 0.15) is 10.4 Å². The molecule has 0 aliphatic carbocycles. The number of rotatable bonds is 7. The third kappa shape index (κ3) is 5.39. The third-order valence-corrected chi connectivity index (χ3v) is 4.85. The normalized spacial score (nSPS) is 10.3. The topological polar surface area (TPSA) is 124 Å². The van der Waals surface area contributed by atoms with Gasteiger partial charge in [-0.15, -0.1) is 10.2 Å². The number of nitro groups is 1. The lowest BCUT2D eigenvalue weighted by atomic mass is 10.1. The van der Waals surface area contributed by atoms with E-state index in [1.807, 2.05) is 0 Å². The van der Waals surface area contributed by atoms with Crippen molar-refractivity contribution >= 4 is 35.0 Å². The van der Waals surface area contributed by atoms with E-state index in [1.165, 1.54) is 31.0 Å². The molecule has 1 heterocycles. The molecule has 0 fully saturated rings. The first-order chi connectivity index (χ1) is 14.5. The van der Waals surface area contributed by atoms with Gasteiger partial charge in [0, 0.05) is 23.4 Å². The van der Waals surface area contributed by atoms with Gasteiger partial charge in [0.05, 0.1) is 29.0 Å². The molecule has 9 nitrogen and oxygen atoms in total. The minimum absolute atomic E-state index is 0.0240. The Hall–Kier alpha value is -3.79. The highest BCUT2D eigenvalue weighted by molar-refractivity contribution is 7.99. The van der Waals surface area contributed by atoms with Crippen molar-refractivity contribution in [3.63, 3.8) is 0 Å². The van der Waals surface area contributed by atoms with Crippen LogP contribution in [0.15, 0.2) is 65.7 Å². The summed E-state index contributed by atoms with van der Waals surface area (Å²) in [4.78, 5) is 33.9. The van der Waals surface area contributed by atoms with E-state index in [1.54, 1.807) is 48.5 Å². The Morgan fingerprint density at radius 1 is 1.10 bits per heavy atom. The van der Waals surface area contributed by atoms with Gasteiger partial charge in [-0.3, -0.25) is 14.9 Å². The fourth-order valence-electron chi connectivity index (χ4n) is 2.47. The van der Waals surface area contributed by atoms with Crippen LogP contribution in [0, 0.1) is 10.1 Å². The summed E-state index contributed by atoms with van der Waals surface area (Å²) in [7, 11) is 1.30. The summed E-state index contributed by atoms with van der Waals surface area (Å²) in [6, 6.07) is 15.9. The molecule has 2 aromatic carbocycles. The van der Waals surface area contributed by atoms with E-state index in [4.69, 9.17) is 0 Å². The highest BCUT2D eigenvalue weighted by Gasteiger charge is 2.10. The zero-order valence-electron chi connectivity index (χ0n) is 15.8. The maximum Gasteiger partial charge on any atom is 0.337 e. The summed E-state index contributed by atoms with van der Waals surface area (Å²) >= 11 is 1.20. The van der Waals surface area contributed by atoms with Gasteiger partial charge in [0.2, 0.25) is 5.91 Å². The van der Waals surface area contributed by atoms with E-state index in [0.29, 0.717) is 27.5 Å². The zero-order chi connectivity index (χ0) is 21.5. The minimum atomic E-state index is -0.469. The number of anilines is 1. The van der Waals surface area contributed by atoms with Gasteiger partial charge in [-0.1, -0.05) is 23.9 Å². The van der Waals surface area contributed by atoms with Crippen molar-refractivity contribution in [1.82, 2.24) is 10.2 Å². The molecule has 3 aromatic rings. The molecule has 0 aliphatic heterocycles. The molecule has 3 rings (SSSR count). The van der Waals surface area contributed by atoms with Crippen LogP contribution in [-0.2, 0) is 9.53 Å². The van der Waals surface area contributed by atoms with Gasteiger partial charge < -0.3 is 10.1 Å². The molecule has 152 valence electrons. The van der Waals surface area contributed by atoms with Crippen LogP contribution < -0.4 is 5.32 Å². The summed E-state index contributed by atoms with van der Waals surface area (Å²) in [5.74, 6) is -0.574. The monoisotopic (exact) mass is 424 g/mol. The van der Waals surface area contributed by atoms with Crippen molar-refractivity contribution in [2.24, 2.45) is 0 Å². The van der Waals surface area contributed by atoms with Crippen LogP contribution in [0.5, 0.6) is 0 Å². The van der Waals surface area contributed by atoms with Gasteiger partial charge in [-0.05, 0) is 36.4 Å². The van der Waals surface area contributed by atoms with Crippen LogP contribution in [0.4, 0.5) is 11.4 Å². The summed E-state index contributed by atoms with van der Waals surface area (Å²) in [5.41, 5.74) is 2.01. The van der Waals surface area contributed by atoms with Crippen molar-refractivity contribution in [1.29, 1.82) is 0 Å². The minimum Gasteiger partial charge on any atom is -0.465 e. The first-order valence-corrected chi connectivity index (χ1v) is 9.64. The van der Waals surface area contributed by atoms with E-state index in [-0.39, 0.29) is 17.3 Å². The Bertz CT molecular complexity index is 1070. The van der Waals surface area contributed by atoms with Crippen molar-refractivity contribution in [2.45, 2.75) is 5.03 Å². The fourth-order valence-corrected chi connectivity index (χ4v) is 3.09. The molecular weight excluding hydrogens is 408 g/mol. The number of hydrogen-bond acceptors (Lipinski definition) is 8. The van der Waals surface area contributed by atoms with Crippen LogP contribution in [0.2, 0.25) is 0 Å². The van der Waals surface area contributed by atoms with Crippen molar-refractivity contribution in [3.8, 4) is 11.3 Å². The molecule has 0 atom stereocenters. The Morgan fingerprint density at radius 2 is 1.87 bits per heavy atom. The summed E-state index contributed by atoms with van der Waals surface area (Å²) in [5, 5.41) is 22.3. The number of non-ortho nitro benzene ring substituents is 1. The van der Waals surface area contributed by atoms with Gasteiger partial charge in [-0.2, -0.15) is 0 Å². The van der Waals surface area contributed by atoms with E-state index >= 15 is 0 Å². The van der Waals surface area contributed by atoms with Crippen molar-refractivity contribution < 1.29 is 19.2 Å². The zero-order valence-corrected chi connectivity index (χ0v) is 16.6. The van der Waals surface area contributed by atoms with Crippen molar-refractivity contribution in [3.05, 3.63) is 76.3 Å². The maximum atomic E-state index is 12.1. The molecule has 30 heavy (non-hydrogen) atoms. The SMILES string of the molecule is COC(=O)c1ccc(NC(=O)CSc2ccc(-c3cccc([N+](=O)[O-])c3)nn2)cc1. The molecule has 0 saturated carbocycles. The van der Waals surface area contributed by atoms with Gasteiger partial charge >= 0.3 is 5.97 Å². The maximum absolute atomic E-state index is 12.1. The van der Waals surface area contributed by atoms with Gasteiger partial charge in [0.25, 0.3) is 5.69 Å². The fraction of sp³-hybridized carbons (Fsp3) is 0.100. The lowest BCUT2D eigenvalue weighted by Crippen LogP contribution is -2.14. The highest BCUT2D eigenvalue weighted by Crippen LogP contribution is 2.23. The molecule has 0 saturated heterocycles. The molecule has 0 spiro atoms. The van der Waals surface area contributed by atoms with Gasteiger partial charge in [-0.25, -0.2) is 4.79 Å². The van der Waals surface area contributed by atoms with E-state index in [9.17, 15) is 19.7 Å². The third-order valence-electron chi connectivity index (χ3n) is 3.93. The number of nitro benzene ring substituents is 1. The lowest BCUT2D eigenvalue weighted by Gasteiger charge is -2.06. The van der Waals surface area contributed by atoms with E-state index in [2.05, 4.69) is 20.3 Å². The first-order valence-electron chi connectivity index (χ1n) is 8.66. The van der Waals surface area contributed by atoms with Gasteiger partial charge in [0.1, 0.15) is 5.03 Å². The first kappa shape index (κ1) is 20.9. The number of aromatic nitrogens is 2. The number of nitrogens with one attached hydrogen (secondary N) is 1. The lowest BCUT2D eigenvalue weighted by molar-refractivity contribution is -0.384. The Labute approximate surface area is 175 Å². The number of esters is 1. The van der Waals surface area contributed by atoms with Gasteiger partial charge in [0.15, 0.2) is 0 Å². The number of hydrogen-bond donors (Lipinski definition) is 1. The summed E-state index contributed by atoms with van der Waals surface area (Å²) < 4.78 is 4.63. The van der Waals surface area contributed by atoms with E-state index < -0.39 is 10.9 Å². The summed E-state index contributed by atoms with van der Waals surface area (Å²) in [6.07, 6.45) is 0. The Balaban J connectivity index is 1.56. The molecule has 1 N–H and O–H groups in total. The molecule has 0 bridgehead atoms. The molecular formula is C20H16N4O5S. The van der Waals surface area contributed by atoms with E-state index in [0.717, 1.165) is 0 Å². The number of nitrogens with zero attached hydrogens (tertiary/aromatic N) is 3. The van der Waals surface area contributed by atoms with Crippen LogP contribution in [0.3, 0.4) is 0 Å². The van der Waals surface area contributed by atoms with Crippen LogP contribution in [0.25, 0.3) is 11.3 Å². The smallest absolute Gasteiger partial charge is 0.337 e.